The first kappa shape index (κ1) is 31.2. The highest BCUT2D eigenvalue weighted by Gasteiger charge is 2.38. The van der Waals surface area contributed by atoms with Crippen molar-refractivity contribution in [2.45, 2.75) is 51.4 Å². The molecule has 248 valence electrons. The summed E-state index contributed by atoms with van der Waals surface area (Å²) < 4.78 is 53.7. The summed E-state index contributed by atoms with van der Waals surface area (Å²) >= 11 is 15.5. The Labute approximate surface area is 310 Å². The number of ether oxygens (including phenoxy) is 8. The molecule has 0 fully saturated rings. The van der Waals surface area contributed by atoms with Crippen molar-refractivity contribution in [2.24, 2.45) is 0 Å². The molecular formula is C36H28Br4O8. The minimum absolute atomic E-state index is 0.0126. The zero-order valence-corrected chi connectivity index (χ0v) is 32.6. The quantitative estimate of drug-likeness (QED) is 0.173. The molecule has 9 rings (SSSR count). The Morgan fingerprint density at radius 3 is 0.625 bits per heavy atom. The van der Waals surface area contributed by atoms with E-state index in [1.54, 1.807) is 0 Å². The van der Waals surface area contributed by atoms with Crippen LogP contribution in [0.1, 0.15) is 95.9 Å². The maximum Gasteiger partial charge on any atom is 0.231 e. The first-order chi connectivity index (χ1) is 23.2. The van der Waals surface area contributed by atoms with E-state index in [2.05, 4.69) is 116 Å². The lowest BCUT2D eigenvalue weighted by Gasteiger charge is -2.34. The molecule has 48 heavy (non-hydrogen) atoms. The maximum absolute atomic E-state index is 6.34. The molecule has 0 atom stereocenters. The molecule has 0 spiro atoms. The van der Waals surface area contributed by atoms with Crippen LogP contribution in [0, 0.1) is 0 Å². The molecule has 0 amide bonds. The summed E-state index contributed by atoms with van der Waals surface area (Å²) in [6.07, 6.45) is 0. The van der Waals surface area contributed by atoms with Crippen molar-refractivity contribution in [1.82, 2.24) is 0 Å². The second-order valence-corrected chi connectivity index (χ2v) is 15.8. The highest BCUT2D eigenvalue weighted by molar-refractivity contribution is 9.11. The van der Waals surface area contributed by atoms with Gasteiger partial charge >= 0.3 is 0 Å². The van der Waals surface area contributed by atoms with Gasteiger partial charge in [0.05, 0.1) is 0 Å². The molecule has 0 radical (unpaired) electrons. The van der Waals surface area contributed by atoms with Crippen molar-refractivity contribution >= 4 is 63.7 Å². The van der Waals surface area contributed by atoms with Crippen LogP contribution in [-0.4, -0.2) is 27.2 Å². The highest BCUT2D eigenvalue weighted by Crippen LogP contribution is 2.58. The van der Waals surface area contributed by atoms with Gasteiger partial charge in [-0.15, -0.1) is 0 Å². The van der Waals surface area contributed by atoms with E-state index in [0.717, 1.165) is 62.4 Å². The Morgan fingerprint density at radius 2 is 0.479 bits per heavy atom. The van der Waals surface area contributed by atoms with Crippen LogP contribution in [0.2, 0.25) is 0 Å². The molecule has 1 aliphatic carbocycles. The highest BCUT2D eigenvalue weighted by atomic mass is 79.9. The lowest BCUT2D eigenvalue weighted by molar-refractivity contribution is 0.0962. The molecule has 0 aromatic heterocycles. The number of halogens is 4. The van der Waals surface area contributed by atoms with Crippen molar-refractivity contribution in [3.63, 3.8) is 0 Å². The van der Waals surface area contributed by atoms with Gasteiger partial charge in [0.2, 0.25) is 27.2 Å². The van der Waals surface area contributed by atoms with Crippen LogP contribution in [-0.2, 0) is 0 Å². The summed E-state index contributed by atoms with van der Waals surface area (Å²) in [5.74, 6) is 4.88. The molecule has 4 aliphatic heterocycles. The summed E-state index contributed by atoms with van der Waals surface area (Å²) in [5.41, 5.74) is 8.11. The topological polar surface area (TPSA) is 73.8 Å². The van der Waals surface area contributed by atoms with Crippen LogP contribution >= 0.6 is 63.7 Å². The molecular weight excluding hydrogens is 880 g/mol. The smallest absolute Gasteiger partial charge is 0.231 e. The SMILES string of the molecule is CC1c2cc3c4c(Br)c2OCOc2c1cc1c(c2Br)OCOc2c(cc5c(c2Br)OCOc2c(cc(c(c2Br)OCO4)C3C)C5C)C1C. The predicted molar refractivity (Wildman–Crippen MR) is 191 cm³/mol. The standard InChI is InChI=1S/C36H28Br4O8/c1-13-17-5-19-14(2)21-7-23-16(4)24-8-22-15(3)20-6-18(13)30-26(38)32(20)44-11-46-34(22)28(40)36(24)48-12-47-35(23)27(39)33(21)45-10-43-31(19)25(37)29(17)41-9-42-30/h5-8,13-16H,9-12H2,1-4H3. The Morgan fingerprint density at radius 1 is 0.333 bits per heavy atom. The number of hydrogen-bond donors (Lipinski definition) is 0. The minimum Gasteiger partial charge on any atom is -0.456 e. The lowest BCUT2D eigenvalue weighted by Crippen LogP contribution is -2.22. The zero-order chi connectivity index (χ0) is 33.2. The number of benzene rings is 4. The Kier molecular flexibility index (Phi) is 7.39. The Hall–Kier alpha value is -2.80. The van der Waals surface area contributed by atoms with Crippen LogP contribution in [0.5, 0.6) is 46.0 Å². The number of hydrogen-bond acceptors (Lipinski definition) is 8. The van der Waals surface area contributed by atoms with E-state index in [1.165, 1.54) is 0 Å². The maximum atomic E-state index is 6.34. The van der Waals surface area contributed by atoms with Crippen molar-refractivity contribution in [2.75, 3.05) is 27.2 Å². The van der Waals surface area contributed by atoms with Gasteiger partial charge in [-0.1, -0.05) is 27.7 Å². The molecule has 4 aromatic rings. The van der Waals surface area contributed by atoms with Gasteiger partial charge in [0.15, 0.2) is 0 Å². The molecule has 0 saturated heterocycles. The third kappa shape index (κ3) is 4.34. The van der Waals surface area contributed by atoms with Gasteiger partial charge < -0.3 is 37.9 Å². The van der Waals surface area contributed by atoms with E-state index in [9.17, 15) is 0 Å². The van der Waals surface area contributed by atoms with Crippen molar-refractivity contribution in [3.05, 3.63) is 86.7 Å². The second-order valence-electron chi connectivity index (χ2n) is 12.6. The monoisotopic (exact) mass is 904 g/mol. The zero-order valence-electron chi connectivity index (χ0n) is 26.2. The average molecular weight is 908 g/mol. The van der Waals surface area contributed by atoms with Gasteiger partial charge in [0.25, 0.3) is 0 Å². The molecule has 0 unspecified atom stereocenters. The van der Waals surface area contributed by atoms with Crippen LogP contribution in [0.3, 0.4) is 0 Å². The van der Waals surface area contributed by atoms with Gasteiger partial charge in [-0.05, 0) is 88.0 Å². The Bertz CT molecular complexity index is 1670. The number of rotatable bonds is 0. The van der Waals surface area contributed by atoms with Gasteiger partial charge in [0, 0.05) is 68.2 Å². The first-order valence-corrected chi connectivity index (χ1v) is 18.8. The molecule has 0 saturated carbocycles. The summed E-state index contributed by atoms with van der Waals surface area (Å²) in [6, 6.07) is 8.86. The molecule has 8 bridgehead atoms. The van der Waals surface area contributed by atoms with Crippen LogP contribution in [0.15, 0.2) is 42.2 Å². The van der Waals surface area contributed by atoms with Gasteiger partial charge in [-0.25, -0.2) is 0 Å². The third-order valence-electron chi connectivity index (χ3n) is 10.3. The summed E-state index contributed by atoms with van der Waals surface area (Å²) in [5, 5.41) is 0. The third-order valence-corrected chi connectivity index (χ3v) is 13.2. The van der Waals surface area contributed by atoms with Crippen LogP contribution < -0.4 is 37.9 Å². The normalized spacial score (nSPS) is 22.3. The largest absolute Gasteiger partial charge is 0.456 e. The van der Waals surface area contributed by atoms with E-state index in [1.807, 2.05) is 0 Å². The van der Waals surface area contributed by atoms with E-state index < -0.39 is 0 Å². The van der Waals surface area contributed by atoms with Gasteiger partial charge in [0.1, 0.15) is 63.9 Å². The molecule has 4 heterocycles. The molecule has 0 N–H and O–H groups in total. The molecule has 12 heteroatoms. The van der Waals surface area contributed by atoms with Crippen LogP contribution in [0.25, 0.3) is 0 Å². The van der Waals surface area contributed by atoms with E-state index >= 15 is 0 Å². The van der Waals surface area contributed by atoms with E-state index in [4.69, 9.17) is 37.9 Å². The molecule has 8 nitrogen and oxygen atoms in total. The average Bonchev–Trinajstić information content (AvgIpc) is 3.05. The molecule has 4 aromatic carbocycles. The van der Waals surface area contributed by atoms with Gasteiger partial charge in [-0.3, -0.25) is 0 Å². The van der Waals surface area contributed by atoms with E-state index in [0.29, 0.717) is 46.0 Å². The summed E-state index contributed by atoms with van der Waals surface area (Å²) in [6.45, 7) is 8.66. The van der Waals surface area contributed by atoms with Crippen LogP contribution in [0.4, 0.5) is 0 Å². The minimum atomic E-state index is -0.130. The van der Waals surface area contributed by atoms with Crippen molar-refractivity contribution in [3.8, 4) is 46.0 Å². The Balaban J connectivity index is 1.43. The van der Waals surface area contributed by atoms with Gasteiger partial charge in [-0.2, -0.15) is 0 Å². The fraction of sp³-hybridized carbons (Fsp3) is 0.333. The summed E-state index contributed by atoms with van der Waals surface area (Å²) in [7, 11) is 0. The molecule has 5 aliphatic rings. The van der Waals surface area contributed by atoms with Crippen molar-refractivity contribution < 1.29 is 37.9 Å². The van der Waals surface area contributed by atoms with E-state index in [-0.39, 0.29) is 50.8 Å². The fourth-order valence-electron chi connectivity index (χ4n) is 7.63. The summed E-state index contributed by atoms with van der Waals surface area (Å²) in [4.78, 5) is 0. The first-order valence-electron chi connectivity index (χ1n) is 15.6. The fourth-order valence-corrected chi connectivity index (χ4v) is 10.4. The second kappa shape index (κ2) is 11.4. The predicted octanol–water partition coefficient (Wildman–Crippen LogP) is 10.6. The van der Waals surface area contributed by atoms with Crippen molar-refractivity contribution in [1.29, 1.82) is 0 Å². The lowest BCUT2D eigenvalue weighted by atomic mass is 9.80.